The standard InChI is InChI=1S/C25H24N4O5/c1-32-18-8-6-7-16(13-18)15-29-23(19-9-4-5-10-20(19)27-25(29)31)28-24(30)26-17-11-12-21(33-2)22(14-17)34-3/h4-14H,15H2,1-3H3,(H2,26,28,30). The number of para-hydroxylation sites is 1. The second-order valence-electron chi connectivity index (χ2n) is 7.35. The summed E-state index contributed by atoms with van der Waals surface area (Å²) in [4.78, 5) is 30.1. The van der Waals surface area contributed by atoms with Gasteiger partial charge in [0.25, 0.3) is 0 Å². The Morgan fingerprint density at radius 1 is 0.882 bits per heavy atom. The van der Waals surface area contributed by atoms with Crippen molar-refractivity contribution in [3.63, 3.8) is 0 Å². The van der Waals surface area contributed by atoms with Crippen LogP contribution in [0.4, 0.5) is 16.3 Å². The first-order valence-electron chi connectivity index (χ1n) is 10.4. The van der Waals surface area contributed by atoms with Crippen LogP contribution >= 0.6 is 0 Å². The Hall–Kier alpha value is -4.53. The highest BCUT2D eigenvalue weighted by molar-refractivity contribution is 6.04. The fourth-order valence-corrected chi connectivity index (χ4v) is 3.59. The molecule has 3 aromatic carbocycles. The number of methoxy groups -OCH3 is 3. The van der Waals surface area contributed by atoms with E-state index in [1.807, 2.05) is 30.3 Å². The van der Waals surface area contributed by atoms with E-state index in [1.165, 1.54) is 18.8 Å². The van der Waals surface area contributed by atoms with Crippen molar-refractivity contribution in [1.29, 1.82) is 0 Å². The molecule has 174 valence electrons. The van der Waals surface area contributed by atoms with Crippen molar-refractivity contribution in [1.82, 2.24) is 9.55 Å². The molecule has 0 aliphatic rings. The molecule has 0 saturated heterocycles. The number of carbonyl (C=O) groups is 1. The SMILES string of the molecule is COc1cccc(Cn2c(NC(=O)Nc3ccc(OC)c(OC)c3)c3ccccc3nc2=O)c1. The first-order valence-corrected chi connectivity index (χ1v) is 10.4. The number of aromatic nitrogens is 2. The van der Waals surface area contributed by atoms with Crippen molar-refractivity contribution in [2.75, 3.05) is 32.0 Å². The first kappa shape index (κ1) is 22.7. The van der Waals surface area contributed by atoms with Gasteiger partial charge in [0.1, 0.15) is 11.6 Å². The van der Waals surface area contributed by atoms with Crippen LogP contribution in [0.2, 0.25) is 0 Å². The molecule has 0 unspecified atom stereocenters. The molecule has 0 atom stereocenters. The summed E-state index contributed by atoms with van der Waals surface area (Å²) in [5, 5.41) is 6.23. The Balaban J connectivity index is 1.69. The summed E-state index contributed by atoms with van der Waals surface area (Å²) in [5.41, 5.74) is 1.32. The number of carbonyl (C=O) groups excluding carboxylic acids is 1. The Kier molecular flexibility index (Phi) is 6.63. The molecule has 9 nitrogen and oxygen atoms in total. The zero-order valence-corrected chi connectivity index (χ0v) is 19.0. The molecule has 34 heavy (non-hydrogen) atoms. The number of nitrogens with zero attached hydrogens (tertiary/aromatic N) is 2. The molecule has 9 heteroatoms. The zero-order chi connectivity index (χ0) is 24.1. The highest BCUT2D eigenvalue weighted by Crippen LogP contribution is 2.30. The third-order valence-electron chi connectivity index (χ3n) is 5.22. The van der Waals surface area contributed by atoms with Crippen LogP contribution in [0.15, 0.2) is 71.5 Å². The average molecular weight is 460 g/mol. The number of fused-ring (bicyclic) bond motifs is 1. The van der Waals surface area contributed by atoms with E-state index in [2.05, 4.69) is 15.6 Å². The lowest BCUT2D eigenvalue weighted by Gasteiger charge is -2.17. The molecule has 2 amide bonds. The van der Waals surface area contributed by atoms with E-state index in [1.54, 1.807) is 43.5 Å². The summed E-state index contributed by atoms with van der Waals surface area (Å²) in [7, 11) is 4.63. The van der Waals surface area contributed by atoms with E-state index in [0.717, 1.165) is 5.56 Å². The third kappa shape index (κ3) is 4.78. The summed E-state index contributed by atoms with van der Waals surface area (Å²) in [6.07, 6.45) is 0. The maximum atomic E-state index is 12.9. The molecule has 0 aliphatic carbocycles. The van der Waals surface area contributed by atoms with Crippen LogP contribution in [0.1, 0.15) is 5.56 Å². The predicted molar refractivity (Wildman–Crippen MR) is 130 cm³/mol. The van der Waals surface area contributed by atoms with Crippen molar-refractivity contribution in [2.24, 2.45) is 0 Å². The largest absolute Gasteiger partial charge is 0.497 e. The van der Waals surface area contributed by atoms with E-state index < -0.39 is 11.7 Å². The van der Waals surface area contributed by atoms with Gasteiger partial charge in [-0.1, -0.05) is 24.3 Å². The quantitative estimate of drug-likeness (QED) is 0.430. The summed E-state index contributed by atoms with van der Waals surface area (Å²) >= 11 is 0. The van der Waals surface area contributed by atoms with Crippen LogP contribution < -0.4 is 30.5 Å². The molecule has 0 bridgehead atoms. The first-order chi connectivity index (χ1) is 16.5. The van der Waals surface area contributed by atoms with Crippen molar-refractivity contribution in [3.05, 3.63) is 82.8 Å². The molecule has 0 spiro atoms. The number of benzene rings is 3. The van der Waals surface area contributed by atoms with Crippen LogP contribution in [-0.4, -0.2) is 36.9 Å². The van der Waals surface area contributed by atoms with Crippen molar-refractivity contribution < 1.29 is 19.0 Å². The van der Waals surface area contributed by atoms with Gasteiger partial charge in [0.05, 0.1) is 33.4 Å². The van der Waals surface area contributed by atoms with Gasteiger partial charge < -0.3 is 19.5 Å². The maximum Gasteiger partial charge on any atom is 0.350 e. The van der Waals surface area contributed by atoms with Crippen LogP contribution in [0.25, 0.3) is 10.9 Å². The number of ether oxygens (including phenoxy) is 3. The summed E-state index contributed by atoms with van der Waals surface area (Å²) < 4.78 is 17.2. The second-order valence-corrected chi connectivity index (χ2v) is 7.35. The zero-order valence-electron chi connectivity index (χ0n) is 19.0. The van der Waals surface area contributed by atoms with E-state index in [4.69, 9.17) is 14.2 Å². The van der Waals surface area contributed by atoms with E-state index >= 15 is 0 Å². The second kappa shape index (κ2) is 9.95. The summed E-state index contributed by atoms with van der Waals surface area (Å²) in [6.45, 7) is 0.194. The van der Waals surface area contributed by atoms with Crippen LogP contribution in [0.3, 0.4) is 0 Å². The number of urea groups is 1. The Labute approximate surface area is 195 Å². The normalized spacial score (nSPS) is 10.6. The van der Waals surface area contributed by atoms with Crippen LogP contribution in [-0.2, 0) is 6.54 Å². The van der Waals surface area contributed by atoms with E-state index in [0.29, 0.717) is 39.7 Å². The number of nitrogens with one attached hydrogen (secondary N) is 2. The number of amides is 2. The highest BCUT2D eigenvalue weighted by atomic mass is 16.5. The fraction of sp³-hybridized carbons (Fsp3) is 0.160. The topological polar surface area (TPSA) is 104 Å². The lowest BCUT2D eigenvalue weighted by Crippen LogP contribution is -2.30. The lowest BCUT2D eigenvalue weighted by atomic mass is 10.2. The van der Waals surface area contributed by atoms with Crippen molar-refractivity contribution >= 4 is 28.4 Å². The van der Waals surface area contributed by atoms with Gasteiger partial charge in [0.15, 0.2) is 11.5 Å². The molecular formula is C25H24N4O5. The molecule has 2 N–H and O–H groups in total. The Morgan fingerprint density at radius 3 is 2.44 bits per heavy atom. The minimum atomic E-state index is -0.526. The Morgan fingerprint density at radius 2 is 1.68 bits per heavy atom. The van der Waals surface area contributed by atoms with Crippen LogP contribution in [0.5, 0.6) is 17.2 Å². The van der Waals surface area contributed by atoms with E-state index in [-0.39, 0.29) is 6.54 Å². The van der Waals surface area contributed by atoms with Crippen LogP contribution in [0, 0.1) is 0 Å². The number of hydrogen-bond acceptors (Lipinski definition) is 6. The molecule has 4 rings (SSSR count). The average Bonchev–Trinajstić information content (AvgIpc) is 2.86. The summed E-state index contributed by atoms with van der Waals surface area (Å²) in [6, 6.07) is 19.0. The van der Waals surface area contributed by atoms with Gasteiger partial charge in [0, 0.05) is 17.1 Å². The third-order valence-corrected chi connectivity index (χ3v) is 5.22. The van der Waals surface area contributed by atoms with Gasteiger partial charge in [-0.25, -0.2) is 9.59 Å². The van der Waals surface area contributed by atoms with Gasteiger partial charge >= 0.3 is 11.7 Å². The molecule has 0 aliphatic heterocycles. The van der Waals surface area contributed by atoms with Crippen molar-refractivity contribution in [3.8, 4) is 17.2 Å². The molecular weight excluding hydrogens is 436 g/mol. The number of anilines is 2. The molecule has 4 aromatic rings. The summed E-state index contributed by atoms with van der Waals surface area (Å²) in [5.74, 6) is 2.02. The lowest BCUT2D eigenvalue weighted by molar-refractivity contribution is 0.262. The smallest absolute Gasteiger partial charge is 0.350 e. The molecule has 0 radical (unpaired) electrons. The van der Waals surface area contributed by atoms with E-state index in [9.17, 15) is 9.59 Å². The van der Waals surface area contributed by atoms with Gasteiger partial charge in [-0.2, -0.15) is 4.98 Å². The highest BCUT2D eigenvalue weighted by Gasteiger charge is 2.15. The van der Waals surface area contributed by atoms with Crippen molar-refractivity contribution in [2.45, 2.75) is 6.54 Å². The molecule has 1 aromatic heterocycles. The monoisotopic (exact) mass is 460 g/mol. The van der Waals surface area contributed by atoms with Gasteiger partial charge in [-0.05, 0) is 42.0 Å². The molecule has 0 fully saturated rings. The van der Waals surface area contributed by atoms with Gasteiger partial charge in [-0.15, -0.1) is 0 Å². The van der Waals surface area contributed by atoms with Gasteiger partial charge in [-0.3, -0.25) is 9.88 Å². The molecule has 0 saturated carbocycles. The number of hydrogen-bond donors (Lipinski definition) is 2. The fourth-order valence-electron chi connectivity index (χ4n) is 3.59. The minimum Gasteiger partial charge on any atom is -0.497 e. The molecule has 1 heterocycles. The Bertz CT molecular complexity index is 1400. The maximum absolute atomic E-state index is 12.9. The predicted octanol–water partition coefficient (Wildman–Crippen LogP) is 4.11. The minimum absolute atomic E-state index is 0.194. The van der Waals surface area contributed by atoms with Gasteiger partial charge in [0.2, 0.25) is 0 Å². The number of rotatable bonds is 7.